The fourth-order valence-electron chi connectivity index (χ4n) is 1.87. The van der Waals surface area contributed by atoms with Crippen molar-refractivity contribution < 1.29 is 0 Å². The number of fused-ring (bicyclic) bond motifs is 1. The van der Waals surface area contributed by atoms with Crippen LogP contribution >= 0.6 is 0 Å². The Balaban J connectivity index is 1.96. The largest absolute Gasteiger partial charge is 0.256 e. The summed E-state index contributed by atoms with van der Waals surface area (Å²) in [7, 11) is 0. The van der Waals surface area contributed by atoms with Gasteiger partial charge >= 0.3 is 0 Å². The van der Waals surface area contributed by atoms with Gasteiger partial charge in [0.2, 0.25) is 0 Å². The zero-order chi connectivity index (χ0) is 11.5. The fraction of sp³-hybridized carbons (Fsp3) is 0.0714. The Morgan fingerprint density at radius 1 is 0.941 bits per heavy atom. The highest BCUT2D eigenvalue weighted by molar-refractivity contribution is 5.78. The first-order valence-corrected chi connectivity index (χ1v) is 5.52. The molecule has 0 unspecified atom stereocenters. The Kier molecular flexibility index (Phi) is 2.50. The van der Waals surface area contributed by atoms with Gasteiger partial charge in [0.15, 0.2) is 0 Å². The average Bonchev–Trinajstić information content (AvgIpc) is 2.40. The Labute approximate surface area is 99.2 Å². The van der Waals surface area contributed by atoms with E-state index >= 15 is 0 Å². The van der Waals surface area contributed by atoms with Gasteiger partial charge in [-0.2, -0.15) is 10.2 Å². The molecule has 3 rings (SSSR count). The maximum atomic E-state index is 4.30. The van der Waals surface area contributed by atoms with Crippen LogP contribution in [0.15, 0.2) is 54.9 Å². The number of aromatic nitrogens is 3. The first-order chi connectivity index (χ1) is 8.42. The van der Waals surface area contributed by atoms with Crippen LogP contribution in [0.25, 0.3) is 10.9 Å². The van der Waals surface area contributed by atoms with E-state index in [9.17, 15) is 0 Å². The fourth-order valence-corrected chi connectivity index (χ4v) is 1.87. The smallest absolute Gasteiger partial charge is 0.0702 e. The quantitative estimate of drug-likeness (QED) is 0.667. The Morgan fingerprint density at radius 3 is 2.76 bits per heavy atom. The van der Waals surface area contributed by atoms with Crippen LogP contribution in [0.1, 0.15) is 11.3 Å². The summed E-state index contributed by atoms with van der Waals surface area (Å²) in [4.78, 5) is 4.30. The van der Waals surface area contributed by atoms with E-state index in [2.05, 4.69) is 33.4 Å². The van der Waals surface area contributed by atoms with Gasteiger partial charge in [-0.15, -0.1) is 0 Å². The molecule has 0 radical (unpaired) electrons. The van der Waals surface area contributed by atoms with Crippen LogP contribution in [-0.2, 0) is 6.42 Å². The van der Waals surface area contributed by atoms with Gasteiger partial charge in [0.25, 0.3) is 0 Å². The average molecular weight is 221 g/mol. The highest BCUT2D eigenvalue weighted by Crippen LogP contribution is 2.15. The summed E-state index contributed by atoms with van der Waals surface area (Å²) < 4.78 is 0. The molecule has 0 atom stereocenters. The third kappa shape index (κ3) is 2.13. The van der Waals surface area contributed by atoms with Gasteiger partial charge in [0, 0.05) is 24.2 Å². The lowest BCUT2D eigenvalue weighted by Crippen LogP contribution is -1.93. The van der Waals surface area contributed by atoms with Gasteiger partial charge < -0.3 is 0 Å². The van der Waals surface area contributed by atoms with Crippen molar-refractivity contribution in [2.75, 3.05) is 0 Å². The van der Waals surface area contributed by atoms with E-state index in [4.69, 9.17) is 0 Å². The SMILES string of the molecule is c1cnnc(Cc2ccc3ncccc3c2)c1. The summed E-state index contributed by atoms with van der Waals surface area (Å²) in [6.07, 6.45) is 4.30. The molecule has 2 heterocycles. The predicted octanol–water partition coefficient (Wildman–Crippen LogP) is 2.62. The van der Waals surface area contributed by atoms with Crippen LogP contribution < -0.4 is 0 Å². The van der Waals surface area contributed by atoms with Crippen LogP contribution in [0, 0.1) is 0 Å². The van der Waals surface area contributed by atoms with Gasteiger partial charge in [-0.05, 0) is 35.9 Å². The minimum absolute atomic E-state index is 0.804. The Hall–Kier alpha value is -2.29. The normalized spacial score (nSPS) is 10.6. The second-order valence-electron chi connectivity index (χ2n) is 3.92. The molecular weight excluding hydrogens is 210 g/mol. The highest BCUT2D eigenvalue weighted by Gasteiger charge is 1.99. The molecule has 0 aliphatic carbocycles. The number of nitrogens with zero attached hydrogens (tertiary/aromatic N) is 3. The molecule has 0 spiro atoms. The van der Waals surface area contributed by atoms with Crippen LogP contribution in [-0.4, -0.2) is 15.2 Å². The summed E-state index contributed by atoms with van der Waals surface area (Å²) in [5.41, 5.74) is 3.23. The molecule has 3 nitrogen and oxygen atoms in total. The van der Waals surface area contributed by atoms with Crippen molar-refractivity contribution in [3.05, 3.63) is 66.1 Å². The Morgan fingerprint density at radius 2 is 1.88 bits per heavy atom. The number of pyridine rings is 1. The summed E-state index contributed by atoms with van der Waals surface area (Å²) in [6.45, 7) is 0. The minimum Gasteiger partial charge on any atom is -0.256 e. The maximum absolute atomic E-state index is 4.30. The molecule has 3 heteroatoms. The van der Waals surface area contributed by atoms with E-state index < -0.39 is 0 Å². The van der Waals surface area contributed by atoms with E-state index in [1.165, 1.54) is 5.56 Å². The van der Waals surface area contributed by atoms with Crippen molar-refractivity contribution in [2.24, 2.45) is 0 Å². The molecule has 0 saturated heterocycles. The van der Waals surface area contributed by atoms with Gasteiger partial charge in [0.05, 0.1) is 11.2 Å². The van der Waals surface area contributed by atoms with E-state index in [-0.39, 0.29) is 0 Å². The molecule has 0 saturated carbocycles. The van der Waals surface area contributed by atoms with Crippen molar-refractivity contribution in [2.45, 2.75) is 6.42 Å². The third-order valence-corrected chi connectivity index (χ3v) is 2.68. The molecule has 0 fully saturated rings. The molecule has 0 N–H and O–H groups in total. The van der Waals surface area contributed by atoms with Crippen molar-refractivity contribution in [1.29, 1.82) is 0 Å². The Bertz CT molecular complexity index is 635. The van der Waals surface area contributed by atoms with Crippen molar-refractivity contribution in [3.63, 3.8) is 0 Å². The molecule has 17 heavy (non-hydrogen) atoms. The lowest BCUT2D eigenvalue weighted by Gasteiger charge is -2.02. The molecule has 0 aliphatic rings. The van der Waals surface area contributed by atoms with Gasteiger partial charge in [-0.25, -0.2) is 0 Å². The predicted molar refractivity (Wildman–Crippen MR) is 66.6 cm³/mol. The summed E-state index contributed by atoms with van der Waals surface area (Å²) in [6, 6.07) is 14.2. The van der Waals surface area contributed by atoms with Crippen LogP contribution in [0.3, 0.4) is 0 Å². The second kappa shape index (κ2) is 4.29. The van der Waals surface area contributed by atoms with Crippen molar-refractivity contribution in [3.8, 4) is 0 Å². The number of benzene rings is 1. The topological polar surface area (TPSA) is 38.7 Å². The summed E-state index contributed by atoms with van der Waals surface area (Å²) >= 11 is 0. The molecule has 82 valence electrons. The molecule has 0 aliphatic heterocycles. The van der Waals surface area contributed by atoms with E-state index in [0.29, 0.717) is 0 Å². The molecule has 0 amide bonds. The minimum atomic E-state index is 0.804. The van der Waals surface area contributed by atoms with Crippen LogP contribution in [0.4, 0.5) is 0 Å². The lowest BCUT2D eigenvalue weighted by molar-refractivity contribution is 0.937. The first kappa shape index (κ1) is 9.90. The number of rotatable bonds is 2. The van der Waals surface area contributed by atoms with Crippen molar-refractivity contribution >= 4 is 10.9 Å². The number of hydrogen-bond donors (Lipinski definition) is 0. The lowest BCUT2D eigenvalue weighted by atomic mass is 10.1. The summed E-state index contributed by atoms with van der Waals surface area (Å²) in [5.74, 6) is 0. The van der Waals surface area contributed by atoms with Gasteiger partial charge in [-0.1, -0.05) is 12.1 Å². The number of hydrogen-bond acceptors (Lipinski definition) is 3. The first-order valence-electron chi connectivity index (χ1n) is 5.52. The maximum Gasteiger partial charge on any atom is 0.0702 e. The summed E-state index contributed by atoms with van der Waals surface area (Å²) in [5, 5.41) is 9.13. The van der Waals surface area contributed by atoms with Crippen molar-refractivity contribution in [1.82, 2.24) is 15.2 Å². The van der Waals surface area contributed by atoms with E-state index in [0.717, 1.165) is 23.0 Å². The molecule has 0 bridgehead atoms. The molecular formula is C14H11N3. The van der Waals surface area contributed by atoms with Gasteiger partial charge in [0.1, 0.15) is 0 Å². The second-order valence-corrected chi connectivity index (χ2v) is 3.92. The standard InChI is InChI=1S/C14H11N3/c1-3-12-9-11(5-6-14(12)15-7-1)10-13-4-2-8-16-17-13/h1-9H,10H2. The highest BCUT2D eigenvalue weighted by atomic mass is 15.1. The monoisotopic (exact) mass is 221 g/mol. The van der Waals surface area contributed by atoms with Crippen LogP contribution in [0.5, 0.6) is 0 Å². The zero-order valence-corrected chi connectivity index (χ0v) is 9.24. The van der Waals surface area contributed by atoms with Gasteiger partial charge in [-0.3, -0.25) is 4.98 Å². The molecule has 3 aromatic rings. The third-order valence-electron chi connectivity index (χ3n) is 2.68. The van der Waals surface area contributed by atoms with Crippen LogP contribution in [0.2, 0.25) is 0 Å². The molecule has 1 aromatic carbocycles. The van der Waals surface area contributed by atoms with E-state index in [1.54, 1.807) is 6.20 Å². The zero-order valence-electron chi connectivity index (χ0n) is 9.24. The molecule has 2 aromatic heterocycles. The van der Waals surface area contributed by atoms with E-state index in [1.807, 2.05) is 30.5 Å².